The number of carbonyl (C=O) groups is 2. The first-order valence-corrected chi connectivity index (χ1v) is 6.41. The molecule has 0 aliphatic rings. The van der Waals surface area contributed by atoms with Gasteiger partial charge in [0.1, 0.15) is 5.75 Å². The van der Waals surface area contributed by atoms with Crippen LogP contribution in [-0.4, -0.2) is 21.6 Å². The highest BCUT2D eigenvalue weighted by atomic mass is 16.5. The highest BCUT2D eigenvalue weighted by Crippen LogP contribution is 2.34. The third-order valence-corrected chi connectivity index (χ3v) is 3.55. The monoisotopic (exact) mass is 275 g/mol. The van der Waals surface area contributed by atoms with E-state index in [0.29, 0.717) is 23.3 Å². The van der Waals surface area contributed by atoms with Gasteiger partial charge < -0.3 is 14.4 Å². The fraction of sp³-hybridized carbons (Fsp3) is 0.333. The number of aromatic carboxylic acids is 1. The molecule has 5 nitrogen and oxygen atoms in total. The second-order valence-corrected chi connectivity index (χ2v) is 4.71. The summed E-state index contributed by atoms with van der Waals surface area (Å²) >= 11 is 0. The van der Waals surface area contributed by atoms with E-state index in [1.165, 1.54) is 6.92 Å². The molecule has 0 amide bonds. The van der Waals surface area contributed by atoms with Crippen LogP contribution in [-0.2, 0) is 18.3 Å². The number of hydrogen-bond donors (Lipinski definition) is 1. The molecule has 1 aromatic heterocycles. The minimum absolute atomic E-state index is 0.272. The Labute approximate surface area is 116 Å². The molecule has 0 aliphatic heterocycles. The van der Waals surface area contributed by atoms with Gasteiger partial charge >= 0.3 is 11.9 Å². The number of nitrogens with zero attached hydrogens (tertiary/aromatic N) is 1. The Morgan fingerprint density at radius 1 is 1.35 bits per heavy atom. The Balaban J connectivity index is 2.88. The highest BCUT2D eigenvalue weighted by Gasteiger charge is 2.22. The van der Waals surface area contributed by atoms with Gasteiger partial charge in [-0.05, 0) is 25.5 Å². The lowest BCUT2D eigenvalue weighted by atomic mass is 10.0. The number of aryl methyl sites for hydroxylation is 2. The van der Waals surface area contributed by atoms with Crippen LogP contribution in [0.2, 0.25) is 0 Å². The lowest BCUT2D eigenvalue weighted by Crippen LogP contribution is -2.05. The van der Waals surface area contributed by atoms with E-state index in [4.69, 9.17) is 4.74 Å². The van der Waals surface area contributed by atoms with Crippen LogP contribution in [0.15, 0.2) is 12.1 Å². The van der Waals surface area contributed by atoms with E-state index in [2.05, 4.69) is 0 Å². The SMILES string of the molecule is CCc1c(OC(C)=O)ccc2c1c(C(=O)O)c(C)n2C. The van der Waals surface area contributed by atoms with Crippen molar-refractivity contribution in [2.45, 2.75) is 27.2 Å². The standard InChI is InChI=1S/C15H17NO4/c1-5-10-12(20-9(3)17)7-6-11-14(10)13(15(18)19)8(2)16(11)4/h6-7H,5H2,1-4H3,(H,18,19). The smallest absolute Gasteiger partial charge is 0.338 e. The molecule has 1 aromatic carbocycles. The summed E-state index contributed by atoms with van der Waals surface area (Å²) in [5.41, 5.74) is 2.53. The van der Waals surface area contributed by atoms with Crippen LogP contribution in [0.25, 0.3) is 10.9 Å². The quantitative estimate of drug-likeness (QED) is 0.690. The summed E-state index contributed by atoms with van der Waals surface area (Å²) in [6, 6.07) is 3.50. The summed E-state index contributed by atoms with van der Waals surface area (Å²) in [5.74, 6) is -0.952. The number of benzene rings is 1. The summed E-state index contributed by atoms with van der Waals surface area (Å²) in [4.78, 5) is 22.7. The van der Waals surface area contributed by atoms with E-state index >= 15 is 0 Å². The van der Waals surface area contributed by atoms with Crippen LogP contribution < -0.4 is 4.74 Å². The van der Waals surface area contributed by atoms with Crippen molar-refractivity contribution in [1.29, 1.82) is 0 Å². The van der Waals surface area contributed by atoms with Gasteiger partial charge in [0.2, 0.25) is 0 Å². The number of ether oxygens (including phenoxy) is 1. The zero-order chi connectivity index (χ0) is 15.0. The maximum absolute atomic E-state index is 11.5. The van der Waals surface area contributed by atoms with Crippen molar-refractivity contribution in [3.63, 3.8) is 0 Å². The maximum atomic E-state index is 11.5. The second kappa shape index (κ2) is 5.00. The molecule has 5 heteroatoms. The first kappa shape index (κ1) is 14.1. The van der Waals surface area contributed by atoms with Gasteiger partial charge in [-0.2, -0.15) is 0 Å². The number of rotatable bonds is 3. The van der Waals surface area contributed by atoms with Crippen molar-refractivity contribution in [2.75, 3.05) is 0 Å². The Kier molecular flexibility index (Phi) is 3.53. The molecular weight excluding hydrogens is 258 g/mol. The Bertz CT molecular complexity index is 712. The largest absolute Gasteiger partial charge is 0.478 e. The molecule has 0 spiro atoms. The summed E-state index contributed by atoms with van der Waals surface area (Å²) in [5, 5.41) is 10.1. The third-order valence-electron chi connectivity index (χ3n) is 3.55. The molecule has 106 valence electrons. The number of carboxylic acid groups (broad SMARTS) is 1. The highest BCUT2D eigenvalue weighted by molar-refractivity contribution is 6.07. The average Bonchev–Trinajstić information content (AvgIpc) is 2.61. The molecule has 0 atom stereocenters. The Morgan fingerprint density at radius 3 is 2.50 bits per heavy atom. The molecule has 0 saturated heterocycles. The number of hydrogen-bond acceptors (Lipinski definition) is 3. The Hall–Kier alpha value is -2.30. The van der Waals surface area contributed by atoms with E-state index in [1.54, 1.807) is 19.1 Å². The van der Waals surface area contributed by atoms with E-state index in [-0.39, 0.29) is 5.56 Å². The molecule has 2 aromatic rings. The second-order valence-electron chi connectivity index (χ2n) is 4.71. The Morgan fingerprint density at radius 2 is 2.00 bits per heavy atom. The van der Waals surface area contributed by atoms with Crippen molar-refractivity contribution in [3.05, 3.63) is 29.0 Å². The van der Waals surface area contributed by atoms with Crippen molar-refractivity contribution < 1.29 is 19.4 Å². The molecule has 1 heterocycles. The first-order chi connectivity index (χ1) is 9.38. The maximum Gasteiger partial charge on any atom is 0.338 e. The normalized spacial score (nSPS) is 10.8. The summed E-state index contributed by atoms with van der Waals surface area (Å²) in [6.45, 7) is 5.02. The van der Waals surface area contributed by atoms with Crippen LogP contribution in [0.1, 0.15) is 35.5 Å². The van der Waals surface area contributed by atoms with Gasteiger partial charge in [0.25, 0.3) is 0 Å². The third kappa shape index (κ3) is 2.05. The van der Waals surface area contributed by atoms with Gasteiger partial charge in [-0.15, -0.1) is 0 Å². The van der Waals surface area contributed by atoms with Crippen molar-refractivity contribution in [3.8, 4) is 5.75 Å². The van der Waals surface area contributed by atoms with Gasteiger partial charge in [-0.3, -0.25) is 4.79 Å². The topological polar surface area (TPSA) is 68.5 Å². The van der Waals surface area contributed by atoms with E-state index in [9.17, 15) is 14.7 Å². The van der Waals surface area contributed by atoms with E-state index in [0.717, 1.165) is 11.1 Å². The van der Waals surface area contributed by atoms with Crippen LogP contribution in [0.5, 0.6) is 5.75 Å². The van der Waals surface area contributed by atoms with Crippen molar-refractivity contribution in [1.82, 2.24) is 4.57 Å². The number of fused-ring (bicyclic) bond motifs is 1. The molecule has 20 heavy (non-hydrogen) atoms. The number of carbonyl (C=O) groups excluding carboxylic acids is 1. The first-order valence-electron chi connectivity index (χ1n) is 6.41. The van der Waals surface area contributed by atoms with E-state index < -0.39 is 11.9 Å². The van der Waals surface area contributed by atoms with Gasteiger partial charge in [-0.25, -0.2) is 4.79 Å². The molecule has 0 radical (unpaired) electrons. The summed E-state index contributed by atoms with van der Waals surface area (Å²) < 4.78 is 7.03. The zero-order valence-electron chi connectivity index (χ0n) is 12.0. The van der Waals surface area contributed by atoms with Crippen LogP contribution in [0.4, 0.5) is 0 Å². The number of aromatic nitrogens is 1. The van der Waals surface area contributed by atoms with Crippen LogP contribution in [0.3, 0.4) is 0 Å². The van der Waals surface area contributed by atoms with Crippen LogP contribution in [0, 0.1) is 6.92 Å². The van der Waals surface area contributed by atoms with Gasteiger partial charge in [0, 0.05) is 36.1 Å². The summed E-state index contributed by atoms with van der Waals surface area (Å²) in [7, 11) is 1.83. The zero-order valence-corrected chi connectivity index (χ0v) is 12.0. The molecule has 1 N–H and O–H groups in total. The minimum atomic E-state index is -0.970. The van der Waals surface area contributed by atoms with E-state index in [1.807, 2.05) is 18.5 Å². The fourth-order valence-electron chi connectivity index (χ4n) is 2.57. The average molecular weight is 275 g/mol. The predicted molar refractivity (Wildman–Crippen MR) is 75.3 cm³/mol. The molecular formula is C15H17NO4. The number of esters is 1. The fourth-order valence-corrected chi connectivity index (χ4v) is 2.57. The molecule has 2 rings (SSSR count). The molecule has 0 unspecified atom stereocenters. The minimum Gasteiger partial charge on any atom is -0.478 e. The lowest BCUT2D eigenvalue weighted by Gasteiger charge is -2.09. The summed E-state index contributed by atoms with van der Waals surface area (Å²) in [6.07, 6.45) is 0.587. The molecule has 0 saturated carbocycles. The van der Waals surface area contributed by atoms with Gasteiger partial charge in [0.05, 0.1) is 5.56 Å². The van der Waals surface area contributed by atoms with Gasteiger partial charge in [-0.1, -0.05) is 6.92 Å². The molecule has 0 bridgehead atoms. The van der Waals surface area contributed by atoms with Gasteiger partial charge in [0.15, 0.2) is 0 Å². The van der Waals surface area contributed by atoms with Crippen LogP contribution >= 0.6 is 0 Å². The molecule has 0 aliphatic carbocycles. The predicted octanol–water partition coefficient (Wildman–Crippen LogP) is 2.67. The van der Waals surface area contributed by atoms with Crippen molar-refractivity contribution >= 4 is 22.8 Å². The lowest BCUT2D eigenvalue weighted by molar-refractivity contribution is -0.131. The molecule has 0 fully saturated rings. The van der Waals surface area contributed by atoms with Crippen molar-refractivity contribution in [2.24, 2.45) is 7.05 Å². The number of carboxylic acids is 1.